The van der Waals surface area contributed by atoms with Crippen LogP contribution in [0.1, 0.15) is 12.6 Å². The predicted octanol–water partition coefficient (Wildman–Crippen LogP) is 4.56. The normalized spacial score (nSPS) is 10.9. The number of aromatic nitrogens is 3. The predicted molar refractivity (Wildman–Crippen MR) is 136 cm³/mol. The van der Waals surface area contributed by atoms with Crippen LogP contribution in [0.5, 0.6) is 11.5 Å². The van der Waals surface area contributed by atoms with Crippen LogP contribution < -0.4 is 20.1 Å². The average Bonchev–Trinajstić information content (AvgIpc) is 3.18. The molecule has 2 aromatic carbocycles. The van der Waals surface area contributed by atoms with Gasteiger partial charge in [0.05, 0.1) is 30.6 Å². The molecule has 0 radical (unpaired) electrons. The molecule has 4 rings (SSSR count). The lowest BCUT2D eigenvalue weighted by Gasteiger charge is -2.14. The zero-order chi connectivity index (χ0) is 25.7. The van der Waals surface area contributed by atoms with Crippen LogP contribution in [0.3, 0.4) is 0 Å². The molecule has 3 N–H and O–H groups in total. The second-order valence-electron chi connectivity index (χ2n) is 8.08. The number of aliphatic carboxylic acids is 1. The molecule has 0 aliphatic rings. The van der Waals surface area contributed by atoms with Gasteiger partial charge in [-0.05, 0) is 38.1 Å². The number of nitrogens with zero attached hydrogens (tertiary/aromatic N) is 3. The quantitative estimate of drug-likeness (QED) is 0.279. The van der Waals surface area contributed by atoms with E-state index >= 15 is 0 Å². The lowest BCUT2D eigenvalue weighted by molar-refractivity contribution is -0.134. The van der Waals surface area contributed by atoms with Gasteiger partial charge in [-0.3, -0.25) is 4.79 Å². The molecule has 0 saturated heterocycles. The standard InChI is InChI=1S/C26H28FN5O4/c1-4-36-24-10-17(5-6-20(24)29-14-26(33)34)21-13-25(31-15-30-21)28-7-8-32-16(2)9-19-22(32)11-18(27)12-23(19)35-3/h5-6,9-13,15,29H,4,7-8,14H2,1-3H3,(H,33,34)(H,28,30,31). The van der Waals surface area contributed by atoms with Crippen molar-refractivity contribution in [3.05, 3.63) is 60.3 Å². The van der Waals surface area contributed by atoms with Gasteiger partial charge < -0.3 is 29.8 Å². The van der Waals surface area contributed by atoms with Gasteiger partial charge in [0.1, 0.15) is 36.0 Å². The van der Waals surface area contributed by atoms with E-state index in [4.69, 9.17) is 14.6 Å². The van der Waals surface area contributed by atoms with Crippen LogP contribution >= 0.6 is 0 Å². The van der Waals surface area contributed by atoms with Crippen molar-refractivity contribution < 1.29 is 23.8 Å². The minimum atomic E-state index is -0.958. The lowest BCUT2D eigenvalue weighted by atomic mass is 10.1. The fourth-order valence-electron chi connectivity index (χ4n) is 4.07. The molecule has 0 fully saturated rings. The third kappa shape index (κ3) is 5.48. The number of aryl methyl sites for hydroxylation is 1. The number of hydrogen-bond acceptors (Lipinski definition) is 7. The third-order valence-corrected chi connectivity index (χ3v) is 5.69. The zero-order valence-electron chi connectivity index (χ0n) is 20.3. The first-order chi connectivity index (χ1) is 17.4. The lowest BCUT2D eigenvalue weighted by Crippen LogP contribution is -2.13. The topological polar surface area (TPSA) is 111 Å². The fourth-order valence-corrected chi connectivity index (χ4v) is 4.07. The Balaban J connectivity index is 1.49. The molecule has 4 aromatic rings. The van der Waals surface area contributed by atoms with E-state index in [1.165, 1.54) is 25.6 Å². The van der Waals surface area contributed by atoms with Crippen LogP contribution in [0, 0.1) is 12.7 Å². The van der Waals surface area contributed by atoms with Gasteiger partial charge >= 0.3 is 5.97 Å². The summed E-state index contributed by atoms with van der Waals surface area (Å²) < 4.78 is 27.1. The first-order valence-corrected chi connectivity index (χ1v) is 11.5. The Morgan fingerprint density at radius 2 is 1.94 bits per heavy atom. The van der Waals surface area contributed by atoms with E-state index in [-0.39, 0.29) is 12.4 Å². The number of anilines is 2. The van der Waals surface area contributed by atoms with Crippen molar-refractivity contribution in [1.82, 2.24) is 14.5 Å². The molecule has 9 nitrogen and oxygen atoms in total. The van der Waals surface area contributed by atoms with Gasteiger partial charge in [-0.1, -0.05) is 6.07 Å². The minimum Gasteiger partial charge on any atom is -0.496 e. The summed E-state index contributed by atoms with van der Waals surface area (Å²) in [6, 6.07) is 12.1. The van der Waals surface area contributed by atoms with Gasteiger partial charge in [0.15, 0.2) is 0 Å². The van der Waals surface area contributed by atoms with Crippen molar-refractivity contribution in [3.8, 4) is 22.8 Å². The number of carbonyl (C=O) groups is 1. The van der Waals surface area contributed by atoms with E-state index in [2.05, 4.69) is 20.6 Å². The molecular formula is C26H28FN5O4. The highest BCUT2D eigenvalue weighted by molar-refractivity contribution is 5.87. The van der Waals surface area contributed by atoms with Crippen molar-refractivity contribution >= 4 is 28.4 Å². The van der Waals surface area contributed by atoms with E-state index in [1.807, 2.05) is 42.7 Å². The van der Waals surface area contributed by atoms with Crippen LogP contribution in [-0.4, -0.2) is 52.4 Å². The van der Waals surface area contributed by atoms with Gasteiger partial charge in [-0.2, -0.15) is 0 Å². The van der Waals surface area contributed by atoms with Crippen LogP contribution in [0.15, 0.2) is 48.8 Å². The number of halogens is 1. The van der Waals surface area contributed by atoms with Crippen molar-refractivity contribution in [2.75, 3.05) is 37.4 Å². The monoisotopic (exact) mass is 493 g/mol. The second-order valence-corrected chi connectivity index (χ2v) is 8.08. The summed E-state index contributed by atoms with van der Waals surface area (Å²) in [6.45, 7) is 5.22. The molecule has 0 bridgehead atoms. The smallest absolute Gasteiger partial charge is 0.322 e. The van der Waals surface area contributed by atoms with E-state index in [0.717, 1.165) is 22.2 Å². The summed E-state index contributed by atoms with van der Waals surface area (Å²) >= 11 is 0. The molecule has 188 valence electrons. The van der Waals surface area contributed by atoms with Crippen molar-refractivity contribution in [2.45, 2.75) is 20.4 Å². The van der Waals surface area contributed by atoms with Gasteiger partial charge in [0.25, 0.3) is 0 Å². The zero-order valence-corrected chi connectivity index (χ0v) is 20.3. The number of rotatable bonds is 11. The van der Waals surface area contributed by atoms with E-state index in [1.54, 1.807) is 6.07 Å². The molecule has 0 spiro atoms. The number of fused-ring (bicyclic) bond motifs is 1. The van der Waals surface area contributed by atoms with Crippen LogP contribution in [0.4, 0.5) is 15.9 Å². The maximum Gasteiger partial charge on any atom is 0.322 e. The first kappa shape index (κ1) is 24.8. The second kappa shape index (κ2) is 10.9. The van der Waals surface area contributed by atoms with Crippen molar-refractivity contribution in [3.63, 3.8) is 0 Å². The van der Waals surface area contributed by atoms with E-state index < -0.39 is 5.97 Å². The molecule has 2 aromatic heterocycles. The molecule has 2 heterocycles. The van der Waals surface area contributed by atoms with Gasteiger partial charge in [0.2, 0.25) is 0 Å². The summed E-state index contributed by atoms with van der Waals surface area (Å²) in [5, 5.41) is 16.0. The molecule has 10 heteroatoms. The van der Waals surface area contributed by atoms with E-state index in [9.17, 15) is 9.18 Å². The van der Waals surface area contributed by atoms with E-state index in [0.29, 0.717) is 48.4 Å². The Bertz CT molecular complexity index is 1390. The van der Waals surface area contributed by atoms with Crippen molar-refractivity contribution in [1.29, 1.82) is 0 Å². The van der Waals surface area contributed by atoms with Crippen LogP contribution in [-0.2, 0) is 11.3 Å². The van der Waals surface area contributed by atoms with Crippen LogP contribution in [0.25, 0.3) is 22.2 Å². The summed E-state index contributed by atoms with van der Waals surface area (Å²) in [5.41, 5.74) is 3.86. The molecule has 0 unspecified atom stereocenters. The molecule has 0 atom stereocenters. The fraction of sp³-hybridized carbons (Fsp3) is 0.269. The number of methoxy groups -OCH3 is 1. The number of benzene rings is 2. The first-order valence-electron chi connectivity index (χ1n) is 11.5. The highest BCUT2D eigenvalue weighted by Gasteiger charge is 2.13. The average molecular weight is 494 g/mol. The number of carboxylic acids is 1. The molecule has 0 aliphatic carbocycles. The van der Waals surface area contributed by atoms with Gasteiger partial charge in [0, 0.05) is 41.9 Å². The summed E-state index contributed by atoms with van der Waals surface area (Å²) in [4.78, 5) is 19.6. The Labute approximate surface area is 207 Å². The SMILES string of the molecule is CCOc1cc(-c2cc(NCCn3c(C)cc4c(OC)cc(F)cc43)ncn2)ccc1NCC(=O)O. The van der Waals surface area contributed by atoms with Crippen LogP contribution in [0.2, 0.25) is 0 Å². The largest absolute Gasteiger partial charge is 0.496 e. The number of nitrogens with one attached hydrogen (secondary N) is 2. The molecule has 0 amide bonds. The highest BCUT2D eigenvalue weighted by Crippen LogP contribution is 2.32. The maximum absolute atomic E-state index is 14.1. The summed E-state index contributed by atoms with van der Waals surface area (Å²) in [7, 11) is 1.53. The molecule has 0 saturated carbocycles. The molecule has 0 aliphatic heterocycles. The molecule has 36 heavy (non-hydrogen) atoms. The number of ether oxygens (including phenoxy) is 2. The van der Waals surface area contributed by atoms with Gasteiger partial charge in [-0.25, -0.2) is 14.4 Å². The Hall–Kier alpha value is -4.34. The number of carboxylic acid groups (broad SMARTS) is 1. The minimum absolute atomic E-state index is 0.212. The van der Waals surface area contributed by atoms with Crippen molar-refractivity contribution in [2.24, 2.45) is 0 Å². The third-order valence-electron chi connectivity index (χ3n) is 5.69. The molecular weight excluding hydrogens is 465 g/mol. The Morgan fingerprint density at radius 1 is 1.11 bits per heavy atom. The summed E-state index contributed by atoms with van der Waals surface area (Å²) in [5.74, 6) is 0.393. The maximum atomic E-state index is 14.1. The summed E-state index contributed by atoms with van der Waals surface area (Å²) in [6.07, 6.45) is 1.48. The highest BCUT2D eigenvalue weighted by atomic mass is 19.1. The number of hydrogen-bond donors (Lipinski definition) is 3. The Kier molecular flexibility index (Phi) is 7.53. The Morgan fingerprint density at radius 3 is 2.69 bits per heavy atom. The van der Waals surface area contributed by atoms with Gasteiger partial charge in [-0.15, -0.1) is 0 Å².